The maximum absolute atomic E-state index is 12.3. The summed E-state index contributed by atoms with van der Waals surface area (Å²) in [5.41, 5.74) is 1.41. The molecule has 0 saturated carbocycles. The SMILES string of the molecule is CN(Cc1ccccc1Cl)C(=O)c1ccccc1Cl. The van der Waals surface area contributed by atoms with Gasteiger partial charge in [0.2, 0.25) is 0 Å². The maximum atomic E-state index is 12.3. The Morgan fingerprint density at radius 1 is 1.00 bits per heavy atom. The third-order valence-electron chi connectivity index (χ3n) is 2.82. The van der Waals surface area contributed by atoms with E-state index in [1.807, 2.05) is 24.3 Å². The third-order valence-corrected chi connectivity index (χ3v) is 3.51. The molecular weight excluding hydrogens is 281 g/mol. The minimum atomic E-state index is -0.120. The first-order valence-electron chi connectivity index (χ1n) is 5.83. The van der Waals surface area contributed by atoms with Crippen LogP contribution in [0.3, 0.4) is 0 Å². The van der Waals surface area contributed by atoms with Crippen molar-refractivity contribution in [2.45, 2.75) is 6.54 Å². The second-order valence-corrected chi connectivity index (χ2v) is 5.05. The van der Waals surface area contributed by atoms with Crippen molar-refractivity contribution in [2.24, 2.45) is 0 Å². The highest BCUT2D eigenvalue weighted by Gasteiger charge is 2.15. The predicted molar refractivity (Wildman–Crippen MR) is 78.7 cm³/mol. The highest BCUT2D eigenvalue weighted by molar-refractivity contribution is 6.33. The van der Waals surface area contributed by atoms with Crippen LogP contribution in [0.25, 0.3) is 0 Å². The van der Waals surface area contributed by atoms with Crippen LogP contribution in [0, 0.1) is 0 Å². The largest absolute Gasteiger partial charge is 0.337 e. The summed E-state index contributed by atoms with van der Waals surface area (Å²) in [4.78, 5) is 13.9. The van der Waals surface area contributed by atoms with E-state index in [4.69, 9.17) is 23.2 Å². The average Bonchev–Trinajstić information content (AvgIpc) is 2.41. The van der Waals surface area contributed by atoms with Crippen molar-refractivity contribution in [3.63, 3.8) is 0 Å². The molecule has 0 unspecified atom stereocenters. The number of hydrogen-bond acceptors (Lipinski definition) is 1. The Bertz CT molecular complexity index is 598. The van der Waals surface area contributed by atoms with Gasteiger partial charge in [-0.25, -0.2) is 0 Å². The summed E-state index contributed by atoms with van der Waals surface area (Å²) in [6.45, 7) is 0.448. The lowest BCUT2D eigenvalue weighted by Crippen LogP contribution is -2.26. The molecule has 98 valence electrons. The first kappa shape index (κ1) is 13.9. The van der Waals surface area contributed by atoms with Crippen LogP contribution >= 0.6 is 23.2 Å². The van der Waals surface area contributed by atoms with Crippen LogP contribution in [0.1, 0.15) is 15.9 Å². The van der Waals surface area contributed by atoms with E-state index in [9.17, 15) is 4.79 Å². The molecule has 4 heteroatoms. The van der Waals surface area contributed by atoms with Gasteiger partial charge in [-0.2, -0.15) is 0 Å². The number of carbonyl (C=O) groups is 1. The molecule has 0 aromatic heterocycles. The zero-order chi connectivity index (χ0) is 13.8. The normalized spacial score (nSPS) is 10.3. The van der Waals surface area contributed by atoms with Crippen LogP contribution in [0.15, 0.2) is 48.5 Å². The van der Waals surface area contributed by atoms with E-state index in [1.165, 1.54) is 0 Å². The lowest BCUT2D eigenvalue weighted by atomic mass is 10.1. The summed E-state index contributed by atoms with van der Waals surface area (Å²) in [7, 11) is 1.73. The summed E-state index contributed by atoms with van der Waals surface area (Å²) in [5, 5.41) is 1.11. The molecule has 19 heavy (non-hydrogen) atoms. The van der Waals surface area contributed by atoms with Gasteiger partial charge in [0.1, 0.15) is 0 Å². The van der Waals surface area contributed by atoms with Crippen LogP contribution in [0.2, 0.25) is 10.0 Å². The number of halogens is 2. The lowest BCUT2D eigenvalue weighted by Gasteiger charge is -2.18. The van der Waals surface area contributed by atoms with Gasteiger partial charge < -0.3 is 4.90 Å². The van der Waals surface area contributed by atoms with Gasteiger partial charge in [0, 0.05) is 18.6 Å². The lowest BCUT2D eigenvalue weighted by molar-refractivity contribution is 0.0785. The van der Waals surface area contributed by atoms with Gasteiger partial charge in [-0.1, -0.05) is 53.5 Å². The van der Waals surface area contributed by atoms with Crippen molar-refractivity contribution in [3.8, 4) is 0 Å². The second kappa shape index (κ2) is 6.09. The molecule has 0 aliphatic heterocycles. The van der Waals surface area contributed by atoms with Crippen molar-refractivity contribution < 1.29 is 4.79 Å². The third kappa shape index (κ3) is 3.28. The van der Waals surface area contributed by atoms with Gasteiger partial charge in [-0.3, -0.25) is 4.79 Å². The molecule has 0 aliphatic rings. The minimum absolute atomic E-state index is 0.120. The minimum Gasteiger partial charge on any atom is -0.337 e. The molecule has 0 aliphatic carbocycles. The Hall–Kier alpha value is -1.51. The maximum Gasteiger partial charge on any atom is 0.255 e. The fourth-order valence-electron chi connectivity index (χ4n) is 1.79. The van der Waals surface area contributed by atoms with E-state index in [1.54, 1.807) is 36.2 Å². The number of carbonyl (C=O) groups excluding carboxylic acids is 1. The predicted octanol–water partition coefficient (Wildman–Crippen LogP) is 4.27. The summed E-state index contributed by atoms with van der Waals surface area (Å²) < 4.78 is 0. The van der Waals surface area contributed by atoms with E-state index >= 15 is 0 Å². The number of benzene rings is 2. The Balaban J connectivity index is 2.17. The molecule has 0 heterocycles. The molecule has 2 aromatic carbocycles. The van der Waals surface area contributed by atoms with Crippen LogP contribution in [0.5, 0.6) is 0 Å². The molecule has 0 bridgehead atoms. The molecule has 1 amide bonds. The molecule has 2 rings (SSSR count). The Kier molecular flexibility index (Phi) is 4.46. The van der Waals surface area contributed by atoms with Gasteiger partial charge >= 0.3 is 0 Å². The Labute approximate surface area is 122 Å². The van der Waals surface area contributed by atoms with Crippen molar-refractivity contribution >= 4 is 29.1 Å². The van der Waals surface area contributed by atoms with Crippen LogP contribution in [0.4, 0.5) is 0 Å². The summed E-state index contributed by atoms with van der Waals surface area (Å²) in [5.74, 6) is -0.120. The second-order valence-electron chi connectivity index (χ2n) is 4.23. The number of nitrogens with zero attached hydrogens (tertiary/aromatic N) is 1. The van der Waals surface area contributed by atoms with Gasteiger partial charge in [-0.15, -0.1) is 0 Å². The summed E-state index contributed by atoms with van der Waals surface area (Å²) >= 11 is 12.1. The van der Waals surface area contributed by atoms with Crippen LogP contribution in [-0.2, 0) is 6.54 Å². The molecule has 2 aromatic rings. The van der Waals surface area contributed by atoms with Crippen LogP contribution in [-0.4, -0.2) is 17.9 Å². The zero-order valence-electron chi connectivity index (χ0n) is 10.4. The summed E-state index contributed by atoms with van der Waals surface area (Å²) in [6.07, 6.45) is 0. The molecule has 0 N–H and O–H groups in total. The van der Waals surface area contributed by atoms with E-state index in [2.05, 4.69) is 0 Å². The van der Waals surface area contributed by atoms with E-state index < -0.39 is 0 Å². The molecule has 0 saturated heterocycles. The van der Waals surface area contributed by atoms with Gasteiger partial charge in [0.25, 0.3) is 5.91 Å². The average molecular weight is 294 g/mol. The molecule has 0 spiro atoms. The standard InChI is InChI=1S/C15H13Cl2NO/c1-18(10-11-6-2-4-8-13(11)16)15(19)12-7-3-5-9-14(12)17/h2-9H,10H2,1H3. The van der Waals surface area contributed by atoms with E-state index in [0.717, 1.165) is 5.56 Å². The molecule has 0 atom stereocenters. The number of rotatable bonds is 3. The summed E-state index contributed by atoms with van der Waals surface area (Å²) in [6, 6.07) is 14.5. The fraction of sp³-hybridized carbons (Fsp3) is 0.133. The molecule has 2 nitrogen and oxygen atoms in total. The number of amides is 1. The van der Waals surface area contributed by atoms with Gasteiger partial charge in [0.05, 0.1) is 10.6 Å². The van der Waals surface area contributed by atoms with E-state index in [-0.39, 0.29) is 5.91 Å². The topological polar surface area (TPSA) is 20.3 Å². The van der Waals surface area contributed by atoms with Crippen molar-refractivity contribution in [3.05, 3.63) is 69.7 Å². The Morgan fingerprint density at radius 2 is 1.58 bits per heavy atom. The Morgan fingerprint density at radius 3 is 2.21 bits per heavy atom. The van der Waals surface area contributed by atoms with Crippen molar-refractivity contribution in [1.29, 1.82) is 0 Å². The molecular formula is C15H13Cl2NO. The number of hydrogen-bond donors (Lipinski definition) is 0. The highest BCUT2D eigenvalue weighted by atomic mass is 35.5. The quantitative estimate of drug-likeness (QED) is 0.828. The monoisotopic (exact) mass is 293 g/mol. The molecule has 0 radical (unpaired) electrons. The fourth-order valence-corrected chi connectivity index (χ4v) is 2.21. The zero-order valence-corrected chi connectivity index (χ0v) is 11.9. The highest BCUT2D eigenvalue weighted by Crippen LogP contribution is 2.20. The van der Waals surface area contributed by atoms with E-state index in [0.29, 0.717) is 22.2 Å². The smallest absolute Gasteiger partial charge is 0.255 e. The molecule has 0 fully saturated rings. The first-order valence-corrected chi connectivity index (χ1v) is 6.58. The van der Waals surface area contributed by atoms with Gasteiger partial charge in [0.15, 0.2) is 0 Å². The van der Waals surface area contributed by atoms with Crippen LogP contribution < -0.4 is 0 Å². The first-order chi connectivity index (χ1) is 9.09. The van der Waals surface area contributed by atoms with Gasteiger partial charge in [-0.05, 0) is 23.8 Å². The van der Waals surface area contributed by atoms with Crippen molar-refractivity contribution in [1.82, 2.24) is 4.90 Å². The van der Waals surface area contributed by atoms with Crippen molar-refractivity contribution in [2.75, 3.05) is 7.05 Å².